The first-order valence-corrected chi connectivity index (χ1v) is 10.5. The minimum atomic E-state index is -0.167. The summed E-state index contributed by atoms with van der Waals surface area (Å²) >= 11 is 6.49. The Balaban J connectivity index is 1.59. The Hall–Kier alpha value is -2.21. The maximum absolute atomic E-state index is 13.2. The molecular formula is C23H27ClN4O. The summed E-state index contributed by atoms with van der Waals surface area (Å²) in [5, 5.41) is 7.11. The summed E-state index contributed by atoms with van der Waals surface area (Å²) in [6.45, 7) is 6.24. The van der Waals surface area contributed by atoms with E-state index in [-0.39, 0.29) is 11.9 Å². The highest BCUT2D eigenvalue weighted by Crippen LogP contribution is 2.36. The van der Waals surface area contributed by atoms with E-state index in [1.54, 1.807) is 5.01 Å². The molecule has 1 fully saturated rings. The highest BCUT2D eigenvalue weighted by atomic mass is 35.5. The van der Waals surface area contributed by atoms with Gasteiger partial charge in [-0.05, 0) is 31.2 Å². The standard InChI is InChI=1S/C23H27ClN4O/c1-17-7-9-18(10-8-17)21-15-22(19-5-3-4-6-20(19)24)28(25-21)23(29)16-27-13-11-26(2)12-14-27/h3-10,22H,11-16H2,1-2H3/t22-/m1/s1. The van der Waals surface area contributed by atoms with E-state index in [1.807, 2.05) is 24.3 Å². The first kappa shape index (κ1) is 20.1. The molecule has 2 aliphatic rings. The van der Waals surface area contributed by atoms with Gasteiger partial charge in [0.25, 0.3) is 5.91 Å². The van der Waals surface area contributed by atoms with E-state index in [9.17, 15) is 4.79 Å². The van der Waals surface area contributed by atoms with Crippen LogP contribution in [0.2, 0.25) is 5.02 Å². The molecule has 0 saturated carbocycles. The third kappa shape index (κ3) is 4.53. The zero-order valence-electron chi connectivity index (χ0n) is 17.0. The molecule has 1 atom stereocenters. The smallest absolute Gasteiger partial charge is 0.257 e. The van der Waals surface area contributed by atoms with E-state index in [4.69, 9.17) is 16.7 Å². The van der Waals surface area contributed by atoms with E-state index >= 15 is 0 Å². The average Bonchev–Trinajstić information content (AvgIpc) is 3.16. The van der Waals surface area contributed by atoms with Crippen molar-refractivity contribution in [3.8, 4) is 0 Å². The lowest BCUT2D eigenvalue weighted by atomic mass is 9.98. The van der Waals surface area contributed by atoms with Crippen molar-refractivity contribution < 1.29 is 4.79 Å². The molecule has 0 unspecified atom stereocenters. The number of benzene rings is 2. The molecule has 6 heteroatoms. The SMILES string of the molecule is Cc1ccc(C2=NN(C(=O)CN3CCN(C)CC3)[C@@H](c3ccccc3Cl)C2)cc1. The summed E-state index contributed by atoms with van der Waals surface area (Å²) in [6, 6.07) is 15.9. The third-order valence-corrected chi connectivity index (χ3v) is 6.11. The van der Waals surface area contributed by atoms with Gasteiger partial charge in [-0.2, -0.15) is 5.10 Å². The summed E-state index contributed by atoms with van der Waals surface area (Å²) in [5.41, 5.74) is 4.15. The Morgan fingerprint density at radius 1 is 1.07 bits per heavy atom. The van der Waals surface area contributed by atoms with E-state index in [0.717, 1.165) is 43.0 Å². The van der Waals surface area contributed by atoms with Gasteiger partial charge in [-0.3, -0.25) is 9.69 Å². The zero-order valence-corrected chi connectivity index (χ0v) is 17.8. The molecule has 5 nitrogen and oxygen atoms in total. The minimum Gasteiger partial charge on any atom is -0.304 e. The van der Waals surface area contributed by atoms with Crippen molar-refractivity contribution >= 4 is 23.2 Å². The number of piperazine rings is 1. The Bertz CT molecular complexity index is 903. The van der Waals surface area contributed by atoms with E-state index in [2.05, 4.69) is 48.0 Å². The maximum Gasteiger partial charge on any atom is 0.257 e. The summed E-state index contributed by atoms with van der Waals surface area (Å²) in [4.78, 5) is 17.7. The van der Waals surface area contributed by atoms with Gasteiger partial charge in [0.2, 0.25) is 0 Å². The van der Waals surface area contributed by atoms with Crippen molar-refractivity contribution in [2.75, 3.05) is 39.8 Å². The lowest BCUT2D eigenvalue weighted by molar-refractivity contribution is -0.134. The number of nitrogens with zero attached hydrogens (tertiary/aromatic N) is 4. The van der Waals surface area contributed by atoms with Crippen LogP contribution in [0.3, 0.4) is 0 Å². The molecule has 0 bridgehead atoms. The Kier molecular flexibility index (Phi) is 5.99. The summed E-state index contributed by atoms with van der Waals surface area (Å²) in [5.74, 6) is 0.0292. The number of hydrogen-bond acceptors (Lipinski definition) is 4. The first-order valence-electron chi connectivity index (χ1n) is 10.1. The summed E-state index contributed by atoms with van der Waals surface area (Å²) in [7, 11) is 2.12. The average molecular weight is 411 g/mol. The number of carbonyl (C=O) groups is 1. The Morgan fingerprint density at radius 2 is 1.76 bits per heavy atom. The molecule has 0 spiro atoms. The molecule has 152 valence electrons. The second kappa shape index (κ2) is 8.66. The van der Waals surface area contributed by atoms with E-state index < -0.39 is 0 Å². The quantitative estimate of drug-likeness (QED) is 0.773. The van der Waals surface area contributed by atoms with Gasteiger partial charge in [-0.25, -0.2) is 5.01 Å². The fourth-order valence-electron chi connectivity index (χ4n) is 3.92. The van der Waals surface area contributed by atoms with Crippen LogP contribution in [-0.4, -0.2) is 66.2 Å². The van der Waals surface area contributed by atoms with Gasteiger partial charge in [0.15, 0.2) is 0 Å². The van der Waals surface area contributed by atoms with Crippen molar-refractivity contribution in [1.29, 1.82) is 0 Å². The van der Waals surface area contributed by atoms with Crippen LogP contribution in [0, 0.1) is 6.92 Å². The monoisotopic (exact) mass is 410 g/mol. The Labute approximate surface area is 177 Å². The van der Waals surface area contributed by atoms with Gasteiger partial charge in [-0.15, -0.1) is 0 Å². The number of rotatable bonds is 4. The van der Waals surface area contributed by atoms with Crippen LogP contribution in [0.15, 0.2) is 53.6 Å². The number of aryl methyl sites for hydroxylation is 1. The molecule has 2 aromatic carbocycles. The number of halogens is 1. The van der Waals surface area contributed by atoms with Crippen molar-refractivity contribution in [2.24, 2.45) is 5.10 Å². The number of hydrogen-bond donors (Lipinski definition) is 0. The summed E-state index contributed by atoms with van der Waals surface area (Å²) in [6.07, 6.45) is 0.668. The number of hydrazone groups is 1. The van der Waals surface area contributed by atoms with Gasteiger partial charge in [0.1, 0.15) is 0 Å². The molecule has 2 heterocycles. The number of carbonyl (C=O) groups excluding carboxylic acids is 1. The predicted octanol–water partition coefficient (Wildman–Crippen LogP) is 3.57. The fourth-order valence-corrected chi connectivity index (χ4v) is 4.18. The first-order chi connectivity index (χ1) is 14.0. The van der Waals surface area contributed by atoms with Gasteiger partial charge >= 0.3 is 0 Å². The highest BCUT2D eigenvalue weighted by Gasteiger charge is 2.35. The molecule has 29 heavy (non-hydrogen) atoms. The lowest BCUT2D eigenvalue weighted by Crippen LogP contribution is -2.48. The van der Waals surface area contributed by atoms with Gasteiger partial charge in [0.05, 0.1) is 18.3 Å². The Morgan fingerprint density at radius 3 is 2.45 bits per heavy atom. The van der Waals surface area contributed by atoms with Crippen molar-refractivity contribution in [2.45, 2.75) is 19.4 Å². The van der Waals surface area contributed by atoms with E-state index in [1.165, 1.54) is 5.56 Å². The molecule has 4 rings (SSSR count). The number of amides is 1. The normalized spacial score (nSPS) is 20.7. The van der Waals surface area contributed by atoms with Crippen LogP contribution in [-0.2, 0) is 4.79 Å². The van der Waals surface area contributed by atoms with Crippen molar-refractivity contribution in [3.63, 3.8) is 0 Å². The van der Waals surface area contributed by atoms with Crippen molar-refractivity contribution in [1.82, 2.24) is 14.8 Å². The van der Waals surface area contributed by atoms with Crippen LogP contribution < -0.4 is 0 Å². The zero-order chi connectivity index (χ0) is 20.4. The van der Waals surface area contributed by atoms with Crippen LogP contribution >= 0.6 is 11.6 Å². The van der Waals surface area contributed by atoms with Gasteiger partial charge in [0, 0.05) is 37.6 Å². The molecule has 2 aromatic rings. The second-order valence-electron chi connectivity index (χ2n) is 7.97. The molecule has 0 aliphatic carbocycles. The van der Waals surface area contributed by atoms with Crippen LogP contribution in [0.1, 0.15) is 29.2 Å². The molecule has 0 aromatic heterocycles. The number of likely N-dealkylation sites (N-methyl/N-ethyl adjacent to an activating group) is 1. The predicted molar refractivity (Wildman–Crippen MR) is 117 cm³/mol. The summed E-state index contributed by atoms with van der Waals surface area (Å²) < 4.78 is 0. The molecule has 2 aliphatic heterocycles. The third-order valence-electron chi connectivity index (χ3n) is 5.77. The van der Waals surface area contributed by atoms with Crippen LogP contribution in [0.25, 0.3) is 0 Å². The fraction of sp³-hybridized carbons (Fsp3) is 0.391. The molecular weight excluding hydrogens is 384 g/mol. The van der Waals surface area contributed by atoms with Crippen molar-refractivity contribution in [3.05, 3.63) is 70.2 Å². The van der Waals surface area contributed by atoms with Crippen LogP contribution in [0.4, 0.5) is 0 Å². The molecule has 0 radical (unpaired) electrons. The molecule has 1 saturated heterocycles. The van der Waals surface area contributed by atoms with Gasteiger partial charge in [-0.1, -0.05) is 59.6 Å². The van der Waals surface area contributed by atoms with E-state index in [0.29, 0.717) is 18.0 Å². The maximum atomic E-state index is 13.2. The second-order valence-corrected chi connectivity index (χ2v) is 8.38. The van der Waals surface area contributed by atoms with Gasteiger partial charge < -0.3 is 4.90 Å². The molecule has 1 amide bonds. The minimum absolute atomic E-state index is 0.0292. The topological polar surface area (TPSA) is 39.2 Å². The molecule has 0 N–H and O–H groups in total. The highest BCUT2D eigenvalue weighted by molar-refractivity contribution is 6.31. The largest absolute Gasteiger partial charge is 0.304 e. The lowest BCUT2D eigenvalue weighted by Gasteiger charge is -2.33. The van der Waals surface area contributed by atoms with Crippen LogP contribution in [0.5, 0.6) is 0 Å².